The Hall–Kier alpha value is -2.67. The van der Waals surface area contributed by atoms with E-state index in [1.54, 1.807) is 14.2 Å². The van der Waals surface area contributed by atoms with Gasteiger partial charge >= 0.3 is 0 Å². The number of thioether (sulfide) groups is 1. The first-order valence-corrected chi connectivity index (χ1v) is 14.1. The van der Waals surface area contributed by atoms with Gasteiger partial charge in [0.05, 0.1) is 35.3 Å². The first kappa shape index (κ1) is 24.5. The highest BCUT2D eigenvalue weighted by molar-refractivity contribution is 7.99. The number of rotatable bonds is 8. The molecule has 0 bridgehead atoms. The predicted molar refractivity (Wildman–Crippen MR) is 140 cm³/mol. The molecule has 180 valence electrons. The van der Waals surface area contributed by atoms with E-state index in [1.807, 2.05) is 61.2 Å². The second kappa shape index (κ2) is 10.3. The number of hydrogen-bond acceptors (Lipinski definition) is 6. The summed E-state index contributed by atoms with van der Waals surface area (Å²) in [6.45, 7) is 5.16. The van der Waals surface area contributed by atoms with Crippen LogP contribution in [0.5, 0.6) is 5.75 Å². The van der Waals surface area contributed by atoms with Gasteiger partial charge in [0.2, 0.25) is 10.0 Å². The maximum atomic E-state index is 12.9. The van der Waals surface area contributed by atoms with Crippen molar-refractivity contribution in [3.05, 3.63) is 48.0 Å². The number of sulfonamides is 1. The van der Waals surface area contributed by atoms with E-state index in [2.05, 4.69) is 15.5 Å². The Kier molecular flexibility index (Phi) is 7.41. The van der Waals surface area contributed by atoms with Crippen LogP contribution in [0.1, 0.15) is 12.5 Å². The smallest absolute Gasteiger partial charge is 0.236 e. The van der Waals surface area contributed by atoms with Crippen LogP contribution in [-0.4, -0.2) is 68.9 Å². The molecule has 0 unspecified atom stereocenters. The second-order valence-electron chi connectivity index (χ2n) is 8.25. The molecule has 2 heterocycles. The Bertz CT molecular complexity index is 1300. The van der Waals surface area contributed by atoms with Crippen molar-refractivity contribution < 1.29 is 13.2 Å². The Morgan fingerprint density at radius 2 is 1.85 bits per heavy atom. The maximum Gasteiger partial charge on any atom is 0.236 e. The van der Waals surface area contributed by atoms with Gasteiger partial charge < -0.3 is 14.2 Å². The summed E-state index contributed by atoms with van der Waals surface area (Å²) >= 11 is 1.91. The first-order chi connectivity index (χ1) is 16.4. The average Bonchev–Trinajstić information content (AvgIpc) is 3.20. The van der Waals surface area contributed by atoms with Gasteiger partial charge in [0.15, 0.2) is 0 Å². The number of anilines is 1. The Balaban J connectivity index is 1.61. The van der Waals surface area contributed by atoms with Gasteiger partial charge in [-0.05, 0) is 36.8 Å². The quantitative estimate of drug-likeness (QED) is 0.467. The molecule has 0 atom stereocenters. The lowest BCUT2D eigenvalue weighted by Crippen LogP contribution is -2.39. The SMILES string of the molecule is CCn1c(-c2ccc(N(C)S(=O)(=O)CCN3CCSCC3)cc2)c(C#N)c2ccc(OC)cc21. The van der Waals surface area contributed by atoms with Gasteiger partial charge in [0.1, 0.15) is 11.8 Å². The fourth-order valence-corrected chi connectivity index (χ4v) is 6.58. The number of ether oxygens (including phenoxy) is 1. The summed E-state index contributed by atoms with van der Waals surface area (Å²) in [7, 11) is -0.201. The largest absolute Gasteiger partial charge is 0.497 e. The third kappa shape index (κ3) is 4.76. The molecular formula is C25H30N4O3S2. The van der Waals surface area contributed by atoms with E-state index in [9.17, 15) is 13.7 Å². The molecule has 1 fully saturated rings. The fraction of sp³-hybridized carbons (Fsp3) is 0.400. The highest BCUT2D eigenvalue weighted by Gasteiger charge is 2.22. The molecule has 0 spiro atoms. The van der Waals surface area contributed by atoms with Crippen molar-refractivity contribution >= 4 is 38.4 Å². The van der Waals surface area contributed by atoms with Crippen molar-refractivity contribution in [2.75, 3.05) is 55.4 Å². The molecule has 2 aromatic carbocycles. The standard InChI is InChI=1S/C25H30N4O3S2/c1-4-29-24-17-21(32-3)9-10-22(24)23(18-26)25(29)19-5-7-20(8-6-19)27(2)34(30,31)16-13-28-11-14-33-15-12-28/h5-10,17H,4,11-16H2,1-3H3. The lowest BCUT2D eigenvalue weighted by Gasteiger charge is -2.27. The highest BCUT2D eigenvalue weighted by Crippen LogP contribution is 2.36. The summed E-state index contributed by atoms with van der Waals surface area (Å²) in [6.07, 6.45) is 0. The van der Waals surface area contributed by atoms with Gasteiger partial charge in [-0.1, -0.05) is 12.1 Å². The van der Waals surface area contributed by atoms with Crippen molar-refractivity contribution in [2.24, 2.45) is 0 Å². The van der Waals surface area contributed by atoms with Crippen LogP contribution in [0.15, 0.2) is 42.5 Å². The molecule has 0 N–H and O–H groups in total. The molecule has 4 rings (SSSR count). The Labute approximate surface area is 206 Å². The summed E-state index contributed by atoms with van der Waals surface area (Å²) in [5.41, 5.74) is 3.85. The van der Waals surface area contributed by atoms with Crippen LogP contribution in [0.2, 0.25) is 0 Å². The fourth-order valence-electron chi connectivity index (χ4n) is 4.39. The minimum atomic E-state index is -3.43. The van der Waals surface area contributed by atoms with Gasteiger partial charge in [-0.2, -0.15) is 17.0 Å². The van der Waals surface area contributed by atoms with Crippen LogP contribution in [0.3, 0.4) is 0 Å². The van der Waals surface area contributed by atoms with Gasteiger partial charge in [-0.3, -0.25) is 4.31 Å². The van der Waals surface area contributed by atoms with Gasteiger partial charge in [0, 0.05) is 56.2 Å². The van der Waals surface area contributed by atoms with Gasteiger partial charge in [-0.25, -0.2) is 8.42 Å². The molecule has 7 nitrogen and oxygen atoms in total. The molecule has 1 saturated heterocycles. The molecule has 0 saturated carbocycles. The van der Waals surface area contributed by atoms with Crippen molar-refractivity contribution in [1.82, 2.24) is 9.47 Å². The minimum Gasteiger partial charge on any atom is -0.497 e. The van der Waals surface area contributed by atoms with E-state index in [-0.39, 0.29) is 5.75 Å². The number of methoxy groups -OCH3 is 1. The molecule has 0 amide bonds. The maximum absolute atomic E-state index is 12.9. The summed E-state index contributed by atoms with van der Waals surface area (Å²) in [5, 5.41) is 10.8. The highest BCUT2D eigenvalue weighted by atomic mass is 32.2. The van der Waals surface area contributed by atoms with E-state index in [0.29, 0.717) is 24.3 Å². The van der Waals surface area contributed by atoms with Crippen LogP contribution in [0.25, 0.3) is 22.2 Å². The van der Waals surface area contributed by atoms with Gasteiger partial charge in [0.25, 0.3) is 0 Å². The normalized spacial score (nSPS) is 14.8. The zero-order valence-electron chi connectivity index (χ0n) is 19.8. The molecule has 1 aliphatic heterocycles. The van der Waals surface area contributed by atoms with Crippen molar-refractivity contribution in [1.29, 1.82) is 5.26 Å². The number of fused-ring (bicyclic) bond motifs is 1. The molecule has 3 aromatic rings. The van der Waals surface area contributed by atoms with Crippen LogP contribution in [0, 0.1) is 11.3 Å². The molecule has 1 aliphatic rings. The molecule has 34 heavy (non-hydrogen) atoms. The average molecular weight is 499 g/mol. The van der Waals surface area contributed by atoms with E-state index in [0.717, 1.165) is 52.5 Å². The summed E-state index contributed by atoms with van der Waals surface area (Å²) in [5.74, 6) is 2.95. The number of aromatic nitrogens is 1. The molecular weight excluding hydrogens is 468 g/mol. The number of aryl methyl sites for hydroxylation is 1. The van der Waals surface area contributed by atoms with Crippen LogP contribution < -0.4 is 9.04 Å². The molecule has 9 heteroatoms. The molecule has 0 aliphatic carbocycles. The number of nitriles is 1. The third-order valence-electron chi connectivity index (χ3n) is 6.39. The molecule has 0 radical (unpaired) electrons. The lowest BCUT2D eigenvalue weighted by atomic mass is 10.1. The minimum absolute atomic E-state index is 0.0976. The van der Waals surface area contributed by atoms with Crippen molar-refractivity contribution in [3.8, 4) is 23.1 Å². The Morgan fingerprint density at radius 1 is 1.15 bits per heavy atom. The topological polar surface area (TPSA) is 78.6 Å². The van der Waals surface area contributed by atoms with E-state index >= 15 is 0 Å². The van der Waals surface area contributed by atoms with E-state index in [4.69, 9.17) is 4.74 Å². The first-order valence-electron chi connectivity index (χ1n) is 11.4. The van der Waals surface area contributed by atoms with Crippen molar-refractivity contribution in [2.45, 2.75) is 13.5 Å². The Morgan fingerprint density at radius 3 is 2.47 bits per heavy atom. The van der Waals surface area contributed by atoms with Crippen LogP contribution >= 0.6 is 11.8 Å². The summed E-state index contributed by atoms with van der Waals surface area (Å²) in [4.78, 5) is 2.22. The number of nitrogens with zero attached hydrogens (tertiary/aromatic N) is 4. The number of hydrogen-bond donors (Lipinski definition) is 0. The van der Waals surface area contributed by atoms with E-state index in [1.165, 1.54) is 4.31 Å². The summed E-state index contributed by atoms with van der Waals surface area (Å²) < 4.78 is 34.7. The van der Waals surface area contributed by atoms with Crippen molar-refractivity contribution in [3.63, 3.8) is 0 Å². The summed E-state index contributed by atoms with van der Waals surface area (Å²) in [6, 6.07) is 15.5. The lowest BCUT2D eigenvalue weighted by molar-refractivity contribution is 0.320. The van der Waals surface area contributed by atoms with Crippen LogP contribution in [-0.2, 0) is 16.6 Å². The second-order valence-corrected chi connectivity index (χ2v) is 11.6. The third-order valence-corrected chi connectivity index (χ3v) is 9.08. The zero-order valence-corrected chi connectivity index (χ0v) is 21.5. The monoisotopic (exact) mass is 498 g/mol. The number of benzene rings is 2. The van der Waals surface area contributed by atoms with Crippen LogP contribution in [0.4, 0.5) is 5.69 Å². The zero-order chi connectivity index (χ0) is 24.3. The predicted octanol–water partition coefficient (Wildman–Crippen LogP) is 4.02. The molecule has 1 aromatic heterocycles. The van der Waals surface area contributed by atoms with E-state index < -0.39 is 10.0 Å². The van der Waals surface area contributed by atoms with Gasteiger partial charge in [-0.15, -0.1) is 0 Å².